The molecule has 1 aromatic carbocycles. The van der Waals surface area contributed by atoms with Crippen LogP contribution in [0.15, 0.2) is 18.2 Å². The van der Waals surface area contributed by atoms with Gasteiger partial charge >= 0.3 is 0 Å². The van der Waals surface area contributed by atoms with Crippen LogP contribution < -0.4 is 5.32 Å². The van der Waals surface area contributed by atoms with Gasteiger partial charge in [-0.1, -0.05) is 23.7 Å². The molecule has 2 nitrogen and oxygen atoms in total. The van der Waals surface area contributed by atoms with E-state index in [-0.39, 0.29) is 5.78 Å². The Balaban J connectivity index is 1.90. The van der Waals surface area contributed by atoms with Crippen molar-refractivity contribution in [2.24, 2.45) is 0 Å². The lowest BCUT2D eigenvalue weighted by molar-refractivity contribution is -0.118. The largest absolute Gasteiger partial charge is 0.312 e. The number of carbonyl (C=O) groups excluding carboxylic acids is 1. The summed E-state index contributed by atoms with van der Waals surface area (Å²) in [5.74, 6) is 2.45. The molecule has 0 aliphatic carbocycles. The molecular weight excluding hydrogens is 266 g/mol. The summed E-state index contributed by atoms with van der Waals surface area (Å²) < 4.78 is 0. The van der Waals surface area contributed by atoms with E-state index < -0.39 is 0 Å². The highest BCUT2D eigenvalue weighted by Crippen LogP contribution is 2.19. The second-order valence-electron chi connectivity index (χ2n) is 4.74. The number of nitrogens with one attached hydrogen (secondary N) is 1. The van der Waals surface area contributed by atoms with Crippen molar-refractivity contribution in [2.75, 3.05) is 18.1 Å². The molecular formula is C14H18ClNOS. The van der Waals surface area contributed by atoms with E-state index in [1.165, 1.54) is 0 Å². The van der Waals surface area contributed by atoms with Crippen LogP contribution in [0.2, 0.25) is 5.02 Å². The van der Waals surface area contributed by atoms with E-state index in [1.807, 2.05) is 36.9 Å². The topological polar surface area (TPSA) is 29.1 Å². The van der Waals surface area contributed by atoms with Gasteiger partial charge < -0.3 is 5.32 Å². The number of carbonyl (C=O) groups is 1. The number of halogens is 1. The van der Waals surface area contributed by atoms with Crippen LogP contribution in [0.4, 0.5) is 0 Å². The third-order valence-electron chi connectivity index (χ3n) is 3.07. The number of benzene rings is 1. The second-order valence-corrected chi connectivity index (χ2v) is 6.30. The van der Waals surface area contributed by atoms with Gasteiger partial charge in [-0.2, -0.15) is 11.8 Å². The Morgan fingerprint density at radius 1 is 1.56 bits per heavy atom. The van der Waals surface area contributed by atoms with E-state index in [1.54, 1.807) is 0 Å². The lowest BCUT2D eigenvalue weighted by atomic mass is 10.0. The van der Waals surface area contributed by atoms with Gasteiger partial charge in [-0.25, -0.2) is 0 Å². The minimum Gasteiger partial charge on any atom is -0.312 e. The van der Waals surface area contributed by atoms with Crippen LogP contribution in [-0.2, 0) is 11.2 Å². The fraction of sp³-hybridized carbons (Fsp3) is 0.500. The standard InChI is InChI=1S/C14H18ClNOS/c1-10-2-3-11(14(15)6-10)7-13(17)8-12-9-18-5-4-16-12/h2-3,6,12,16H,4-5,7-9H2,1H3. The van der Waals surface area contributed by atoms with Crippen molar-refractivity contribution in [2.45, 2.75) is 25.8 Å². The molecule has 1 unspecified atom stereocenters. The van der Waals surface area contributed by atoms with E-state index in [4.69, 9.17) is 11.6 Å². The molecule has 0 radical (unpaired) electrons. The molecule has 1 heterocycles. The van der Waals surface area contributed by atoms with Gasteiger partial charge in [0.15, 0.2) is 0 Å². The Bertz CT molecular complexity index is 430. The maximum absolute atomic E-state index is 12.0. The molecule has 1 aliphatic heterocycles. The van der Waals surface area contributed by atoms with Crippen molar-refractivity contribution < 1.29 is 4.79 Å². The lowest BCUT2D eigenvalue weighted by Gasteiger charge is -2.22. The molecule has 1 atom stereocenters. The molecule has 1 aliphatic rings. The average molecular weight is 284 g/mol. The Morgan fingerprint density at radius 3 is 3.06 bits per heavy atom. The minimum absolute atomic E-state index is 0.265. The Hall–Kier alpha value is -0.510. The number of aryl methyl sites for hydroxylation is 1. The zero-order valence-corrected chi connectivity index (χ0v) is 12.1. The maximum Gasteiger partial charge on any atom is 0.138 e. The summed E-state index contributed by atoms with van der Waals surface area (Å²) in [6, 6.07) is 6.21. The molecule has 2 rings (SSSR count). The Kier molecular flexibility index (Phi) is 5.10. The fourth-order valence-electron chi connectivity index (χ4n) is 2.11. The smallest absolute Gasteiger partial charge is 0.138 e. The summed E-state index contributed by atoms with van der Waals surface area (Å²) in [6.07, 6.45) is 1.05. The van der Waals surface area contributed by atoms with Crippen molar-refractivity contribution in [3.63, 3.8) is 0 Å². The number of thioether (sulfide) groups is 1. The van der Waals surface area contributed by atoms with Crippen LogP contribution in [-0.4, -0.2) is 29.9 Å². The molecule has 0 bridgehead atoms. The summed E-state index contributed by atoms with van der Waals surface area (Å²) in [4.78, 5) is 12.0. The van der Waals surface area contributed by atoms with Crippen molar-refractivity contribution in [3.8, 4) is 0 Å². The molecule has 1 fully saturated rings. The van der Waals surface area contributed by atoms with E-state index >= 15 is 0 Å². The van der Waals surface area contributed by atoms with Crippen molar-refractivity contribution in [1.29, 1.82) is 0 Å². The Morgan fingerprint density at radius 2 is 2.39 bits per heavy atom. The summed E-state index contributed by atoms with van der Waals surface area (Å²) in [6.45, 7) is 3.01. The quantitative estimate of drug-likeness (QED) is 0.921. The highest BCUT2D eigenvalue weighted by atomic mass is 35.5. The number of ketones is 1. The summed E-state index contributed by atoms with van der Waals surface area (Å²) in [5.41, 5.74) is 2.07. The van der Waals surface area contributed by atoms with E-state index in [0.29, 0.717) is 23.9 Å². The first kappa shape index (κ1) is 13.9. The van der Waals surface area contributed by atoms with Crippen LogP contribution in [0.3, 0.4) is 0 Å². The predicted octanol–water partition coefficient (Wildman–Crippen LogP) is 2.86. The first-order chi connectivity index (χ1) is 8.65. The van der Waals surface area contributed by atoms with Crippen LogP contribution in [0.1, 0.15) is 17.5 Å². The number of hydrogen-bond donors (Lipinski definition) is 1. The summed E-state index contributed by atoms with van der Waals surface area (Å²) in [5, 5.41) is 4.09. The first-order valence-electron chi connectivity index (χ1n) is 6.23. The molecule has 1 saturated heterocycles. The van der Waals surface area contributed by atoms with Crippen LogP contribution in [0.25, 0.3) is 0 Å². The zero-order chi connectivity index (χ0) is 13.0. The van der Waals surface area contributed by atoms with E-state index in [2.05, 4.69) is 5.32 Å². The van der Waals surface area contributed by atoms with Gasteiger partial charge in [0, 0.05) is 42.0 Å². The minimum atomic E-state index is 0.265. The predicted molar refractivity (Wildman–Crippen MR) is 78.6 cm³/mol. The second kappa shape index (κ2) is 6.60. The van der Waals surface area contributed by atoms with Gasteiger partial charge in [0.1, 0.15) is 5.78 Å². The monoisotopic (exact) mass is 283 g/mol. The third kappa shape index (κ3) is 4.01. The maximum atomic E-state index is 12.0. The summed E-state index contributed by atoms with van der Waals surface area (Å²) >= 11 is 8.06. The normalized spacial score (nSPS) is 19.8. The third-order valence-corrected chi connectivity index (χ3v) is 4.55. The molecule has 18 heavy (non-hydrogen) atoms. The number of rotatable bonds is 4. The van der Waals surface area contributed by atoms with Crippen molar-refractivity contribution >= 4 is 29.1 Å². The molecule has 1 N–H and O–H groups in total. The zero-order valence-electron chi connectivity index (χ0n) is 10.5. The molecule has 0 spiro atoms. The lowest BCUT2D eigenvalue weighted by Crippen LogP contribution is -2.39. The van der Waals surface area contributed by atoms with Gasteiger partial charge in [-0.05, 0) is 24.1 Å². The summed E-state index contributed by atoms with van der Waals surface area (Å²) in [7, 11) is 0. The Labute approximate surface area is 117 Å². The van der Waals surface area contributed by atoms with Crippen LogP contribution >= 0.6 is 23.4 Å². The number of Topliss-reactive ketones (excluding diaryl/α,β-unsaturated/α-hetero) is 1. The molecule has 98 valence electrons. The van der Waals surface area contributed by atoms with Crippen LogP contribution in [0, 0.1) is 6.92 Å². The van der Waals surface area contributed by atoms with Gasteiger partial charge in [0.05, 0.1) is 0 Å². The molecule has 4 heteroatoms. The first-order valence-corrected chi connectivity index (χ1v) is 7.76. The molecule has 0 amide bonds. The van der Waals surface area contributed by atoms with Crippen molar-refractivity contribution in [1.82, 2.24) is 5.32 Å². The SMILES string of the molecule is Cc1ccc(CC(=O)CC2CSCCN2)c(Cl)c1. The van der Waals surface area contributed by atoms with Gasteiger partial charge in [0.25, 0.3) is 0 Å². The van der Waals surface area contributed by atoms with Crippen LogP contribution in [0.5, 0.6) is 0 Å². The molecule has 0 aromatic heterocycles. The van der Waals surface area contributed by atoms with E-state index in [0.717, 1.165) is 29.2 Å². The average Bonchev–Trinajstić information content (AvgIpc) is 2.34. The van der Waals surface area contributed by atoms with Crippen molar-refractivity contribution in [3.05, 3.63) is 34.3 Å². The van der Waals surface area contributed by atoms with Gasteiger partial charge in [-0.3, -0.25) is 4.79 Å². The fourth-order valence-corrected chi connectivity index (χ4v) is 3.36. The van der Waals surface area contributed by atoms with Gasteiger partial charge in [-0.15, -0.1) is 0 Å². The molecule has 0 saturated carbocycles. The van der Waals surface area contributed by atoms with Gasteiger partial charge in [0.2, 0.25) is 0 Å². The highest BCUT2D eigenvalue weighted by Gasteiger charge is 2.17. The highest BCUT2D eigenvalue weighted by molar-refractivity contribution is 7.99. The number of hydrogen-bond acceptors (Lipinski definition) is 3. The molecule has 1 aromatic rings. The van der Waals surface area contributed by atoms with E-state index in [9.17, 15) is 4.79 Å².